The van der Waals surface area contributed by atoms with E-state index in [2.05, 4.69) is 20.8 Å². The standard InChI is InChI=1S/C35H62O8/c1-4-5-12-18-28(36)22-23-31-30(32(38)24-33(31)39)19-14-10-11-16-21-35(41)43-26-29(37)25-42-34(40)20-15-9-7-6-8-13-17-27(2)3/h22-23,27-31,33,36-37,39H,4-21,24-26H2,1-3H3/b23-22+/t28-,29+,30+,31+,33+/m0/s1. The molecule has 0 spiro atoms. The summed E-state index contributed by atoms with van der Waals surface area (Å²) in [5, 5.41) is 30.5. The summed E-state index contributed by atoms with van der Waals surface area (Å²) in [5.41, 5.74) is 0. The van der Waals surface area contributed by atoms with E-state index in [9.17, 15) is 29.7 Å². The predicted octanol–water partition coefficient (Wildman–Crippen LogP) is 6.61. The van der Waals surface area contributed by atoms with E-state index in [1.807, 2.05) is 6.08 Å². The minimum atomic E-state index is -1.03. The zero-order valence-corrected chi connectivity index (χ0v) is 27.4. The van der Waals surface area contributed by atoms with Gasteiger partial charge in [0.2, 0.25) is 0 Å². The topological polar surface area (TPSA) is 130 Å². The summed E-state index contributed by atoms with van der Waals surface area (Å²) in [6.07, 6.45) is 17.6. The molecule has 0 bridgehead atoms. The van der Waals surface area contributed by atoms with E-state index in [0.717, 1.165) is 63.7 Å². The van der Waals surface area contributed by atoms with Crippen molar-refractivity contribution < 1.29 is 39.2 Å². The summed E-state index contributed by atoms with van der Waals surface area (Å²) in [5.74, 6) is -0.357. The lowest BCUT2D eigenvalue weighted by molar-refractivity contribution is -0.152. The Kier molecular flexibility index (Phi) is 22.4. The van der Waals surface area contributed by atoms with Crippen molar-refractivity contribution in [2.45, 2.75) is 161 Å². The Labute approximate surface area is 261 Å². The van der Waals surface area contributed by atoms with Gasteiger partial charge in [0.05, 0.1) is 12.2 Å². The van der Waals surface area contributed by atoms with Gasteiger partial charge in [0.25, 0.3) is 0 Å². The quantitative estimate of drug-likeness (QED) is 0.0566. The van der Waals surface area contributed by atoms with Gasteiger partial charge in [0.15, 0.2) is 0 Å². The third-order valence-corrected chi connectivity index (χ3v) is 8.32. The van der Waals surface area contributed by atoms with Gasteiger partial charge in [-0.1, -0.05) is 110 Å². The van der Waals surface area contributed by atoms with Crippen LogP contribution in [-0.4, -0.2) is 64.6 Å². The van der Waals surface area contributed by atoms with Crippen molar-refractivity contribution in [3.63, 3.8) is 0 Å². The van der Waals surface area contributed by atoms with E-state index in [0.29, 0.717) is 25.7 Å². The molecule has 1 rings (SSSR count). The van der Waals surface area contributed by atoms with E-state index < -0.39 is 24.3 Å². The maximum Gasteiger partial charge on any atom is 0.305 e. The molecule has 8 heteroatoms. The number of rotatable bonds is 26. The maximum atomic E-state index is 12.4. The number of ether oxygens (including phenoxy) is 2. The highest BCUT2D eigenvalue weighted by molar-refractivity contribution is 5.84. The highest BCUT2D eigenvalue weighted by Gasteiger charge is 2.39. The van der Waals surface area contributed by atoms with Crippen LogP contribution < -0.4 is 0 Å². The fourth-order valence-corrected chi connectivity index (χ4v) is 5.64. The first kappa shape index (κ1) is 39.3. The summed E-state index contributed by atoms with van der Waals surface area (Å²) in [6, 6.07) is 0. The molecular formula is C35H62O8. The fraction of sp³-hybridized carbons (Fsp3) is 0.857. The molecule has 0 aliphatic heterocycles. The smallest absolute Gasteiger partial charge is 0.305 e. The van der Waals surface area contributed by atoms with Gasteiger partial charge < -0.3 is 24.8 Å². The zero-order chi connectivity index (χ0) is 31.9. The van der Waals surface area contributed by atoms with Gasteiger partial charge in [-0.3, -0.25) is 14.4 Å². The summed E-state index contributed by atoms with van der Waals surface area (Å²) < 4.78 is 10.2. The number of aliphatic hydroxyl groups excluding tert-OH is 3. The molecule has 8 nitrogen and oxygen atoms in total. The molecule has 0 amide bonds. The third-order valence-electron chi connectivity index (χ3n) is 8.32. The van der Waals surface area contributed by atoms with Gasteiger partial charge in [-0.05, 0) is 31.6 Å². The molecular weight excluding hydrogens is 548 g/mol. The van der Waals surface area contributed by atoms with E-state index in [1.165, 1.54) is 25.7 Å². The first-order chi connectivity index (χ1) is 20.6. The van der Waals surface area contributed by atoms with Gasteiger partial charge in [0.1, 0.15) is 25.1 Å². The van der Waals surface area contributed by atoms with Crippen LogP contribution in [0, 0.1) is 17.8 Å². The predicted molar refractivity (Wildman–Crippen MR) is 169 cm³/mol. The molecule has 0 radical (unpaired) electrons. The second-order valence-electron chi connectivity index (χ2n) is 12.9. The molecule has 250 valence electrons. The van der Waals surface area contributed by atoms with Crippen molar-refractivity contribution in [3.05, 3.63) is 12.2 Å². The van der Waals surface area contributed by atoms with Crippen molar-refractivity contribution in [1.29, 1.82) is 0 Å². The highest BCUT2D eigenvalue weighted by Crippen LogP contribution is 2.34. The lowest BCUT2D eigenvalue weighted by Gasteiger charge is -2.18. The van der Waals surface area contributed by atoms with Gasteiger partial charge in [-0.25, -0.2) is 0 Å². The van der Waals surface area contributed by atoms with Crippen LogP contribution in [0.4, 0.5) is 0 Å². The van der Waals surface area contributed by atoms with Crippen molar-refractivity contribution in [1.82, 2.24) is 0 Å². The number of esters is 2. The van der Waals surface area contributed by atoms with Crippen LogP contribution in [0.5, 0.6) is 0 Å². The average molecular weight is 611 g/mol. The second kappa shape index (κ2) is 24.5. The summed E-state index contributed by atoms with van der Waals surface area (Å²) in [6.45, 7) is 6.23. The maximum absolute atomic E-state index is 12.4. The third kappa shape index (κ3) is 20.0. The summed E-state index contributed by atoms with van der Waals surface area (Å²) in [7, 11) is 0. The lowest BCUT2D eigenvalue weighted by Crippen LogP contribution is -2.25. The number of hydrogen-bond donors (Lipinski definition) is 3. The Morgan fingerprint density at radius 1 is 0.814 bits per heavy atom. The number of carbonyl (C=O) groups is 3. The van der Waals surface area contributed by atoms with Crippen molar-refractivity contribution in [2.24, 2.45) is 17.8 Å². The van der Waals surface area contributed by atoms with Crippen LogP contribution in [0.15, 0.2) is 12.2 Å². The Morgan fingerprint density at radius 3 is 1.93 bits per heavy atom. The van der Waals surface area contributed by atoms with Crippen LogP contribution in [-0.2, 0) is 23.9 Å². The van der Waals surface area contributed by atoms with Crippen molar-refractivity contribution in [3.8, 4) is 0 Å². The van der Waals surface area contributed by atoms with Crippen LogP contribution in [0.2, 0.25) is 0 Å². The van der Waals surface area contributed by atoms with Gasteiger partial charge >= 0.3 is 11.9 Å². The molecule has 0 aromatic heterocycles. The monoisotopic (exact) mass is 610 g/mol. The molecule has 1 aliphatic rings. The Bertz CT molecular complexity index is 780. The summed E-state index contributed by atoms with van der Waals surface area (Å²) in [4.78, 5) is 36.3. The minimum absolute atomic E-state index is 0.0818. The Balaban J connectivity index is 2.09. The minimum Gasteiger partial charge on any atom is -0.463 e. The van der Waals surface area contributed by atoms with Crippen LogP contribution >= 0.6 is 0 Å². The number of unbranched alkanes of at least 4 members (excludes halogenated alkanes) is 10. The number of Topliss-reactive ketones (excluding diaryl/α,β-unsaturated/α-hetero) is 1. The van der Waals surface area contributed by atoms with Crippen molar-refractivity contribution >= 4 is 17.7 Å². The number of hydrogen-bond acceptors (Lipinski definition) is 8. The zero-order valence-electron chi connectivity index (χ0n) is 27.4. The van der Waals surface area contributed by atoms with E-state index in [-0.39, 0.29) is 49.6 Å². The van der Waals surface area contributed by atoms with Crippen LogP contribution in [0.1, 0.15) is 143 Å². The molecule has 0 aromatic carbocycles. The molecule has 0 heterocycles. The number of carbonyl (C=O) groups excluding carboxylic acids is 3. The molecule has 0 unspecified atom stereocenters. The molecule has 1 aliphatic carbocycles. The number of ketones is 1. The SMILES string of the molecule is CCCCC[C@H](O)/C=C/[C@H]1[C@H](O)CC(=O)[C@@H]1CCCCCCC(=O)OC[C@H](O)COC(=O)CCCCCCCCC(C)C. The molecule has 0 saturated heterocycles. The normalized spacial score (nSPS) is 20.2. The largest absolute Gasteiger partial charge is 0.463 e. The Morgan fingerprint density at radius 2 is 1.35 bits per heavy atom. The Hall–Kier alpha value is -1.77. The van der Waals surface area contributed by atoms with Gasteiger partial charge in [-0.15, -0.1) is 0 Å². The van der Waals surface area contributed by atoms with E-state index in [1.54, 1.807) is 6.08 Å². The van der Waals surface area contributed by atoms with Gasteiger partial charge in [0, 0.05) is 31.1 Å². The molecule has 1 saturated carbocycles. The lowest BCUT2D eigenvalue weighted by atomic mass is 9.88. The molecule has 5 atom stereocenters. The second-order valence-corrected chi connectivity index (χ2v) is 12.9. The molecule has 0 aromatic rings. The van der Waals surface area contributed by atoms with Crippen molar-refractivity contribution in [2.75, 3.05) is 13.2 Å². The van der Waals surface area contributed by atoms with E-state index >= 15 is 0 Å². The molecule has 43 heavy (non-hydrogen) atoms. The van der Waals surface area contributed by atoms with Crippen LogP contribution in [0.3, 0.4) is 0 Å². The fourth-order valence-electron chi connectivity index (χ4n) is 5.64. The number of aliphatic hydroxyl groups is 3. The average Bonchev–Trinajstić information content (AvgIpc) is 3.23. The summed E-state index contributed by atoms with van der Waals surface area (Å²) >= 11 is 0. The van der Waals surface area contributed by atoms with E-state index in [4.69, 9.17) is 9.47 Å². The van der Waals surface area contributed by atoms with Gasteiger partial charge in [-0.2, -0.15) is 0 Å². The molecule has 1 fully saturated rings. The first-order valence-corrected chi connectivity index (χ1v) is 17.2. The first-order valence-electron chi connectivity index (χ1n) is 17.2. The van der Waals surface area contributed by atoms with Crippen LogP contribution in [0.25, 0.3) is 0 Å². The highest BCUT2D eigenvalue weighted by atomic mass is 16.6. The molecule has 3 N–H and O–H groups in total.